The van der Waals surface area contributed by atoms with Gasteiger partial charge in [0.25, 0.3) is 10.1 Å². The van der Waals surface area contributed by atoms with E-state index in [9.17, 15) is 30.9 Å². The molecule has 13 atom stereocenters. The predicted molar refractivity (Wildman–Crippen MR) is 531 cm³/mol. The zero-order valence-electron chi connectivity index (χ0n) is 78.2. The molecular formula is C100H143IO27S4Si. The van der Waals surface area contributed by atoms with Crippen LogP contribution in [0.1, 0.15) is 131 Å². The summed E-state index contributed by atoms with van der Waals surface area (Å²) >= 11 is 0.968. The Morgan fingerprint density at radius 3 is 1.22 bits per heavy atom. The summed E-state index contributed by atoms with van der Waals surface area (Å²) in [5, 5.41) is 79.7. The molecular weight excluding hydrogens is 1920 g/mol. The van der Waals surface area contributed by atoms with Crippen molar-refractivity contribution in [3.05, 3.63) is 287 Å². The van der Waals surface area contributed by atoms with Crippen LogP contribution in [0, 0.1) is 6.92 Å². The number of aldehydes is 1. The number of rotatable bonds is 37. The van der Waals surface area contributed by atoms with Crippen LogP contribution in [-0.2, 0) is 128 Å². The number of benzene rings is 8. The van der Waals surface area contributed by atoms with Gasteiger partial charge in [0.15, 0.2) is 26.2 Å². The maximum Gasteiger partial charge on any atom is 0.400 e. The van der Waals surface area contributed by atoms with E-state index in [0.717, 1.165) is 79.8 Å². The van der Waals surface area contributed by atoms with E-state index < -0.39 is 112 Å². The first kappa shape index (κ1) is 117. The average Bonchev–Trinajstić information content (AvgIpc) is 1.81. The molecule has 0 amide bonds. The van der Waals surface area contributed by atoms with Crippen molar-refractivity contribution >= 4 is 85.7 Å². The Morgan fingerprint density at radius 1 is 0.496 bits per heavy atom. The lowest BCUT2D eigenvalue weighted by Gasteiger charge is -2.32. The molecule has 1 unspecified atom stereocenters. The van der Waals surface area contributed by atoms with Gasteiger partial charge in [-0.05, 0) is 181 Å². The standard InChI is InChI=1S/C17H20O4S.C16H27IOSi.C13H16O2.C12H18O2S.C10H12O4S.C10H12O3S.C10H14O2.C6H14O6.C6H10O3/c1-14-7-11-17(12-8-14)22(19,20)21-13-16(18)10-9-15-5-3-2-4-6-15;1-4-19(5-2,6-3)18-16(14-17)13-12-15-10-8-7-9-11-15;1-13(2)14-10-12(15-13)9-8-11-6-4-3-5-7-11;1-15(2)13-10-12(14-15)9-8-11-6-4-3-5-7-11;11-15(12)13-8-10(14-15)7-6-9-4-2-1-3-5-9;11-14-12-8-10(13-14)7-6-9-4-2-1-3-5-9;11-8-10(12)7-6-9-4-2-1-3-5-9;7-1-3(9)5(11)6(12)4(10)2-8;1-6(2)8-4-5(3-7)9-6/h2-8,11-12,16,18H,9-10,13H2,1H3;7-11,16H,4-6,12-14H2,1-3H3;3-9,12H,10H2,1-2H3;3-7,12H,8-10H2,1-2H3;1-5,10H,6-8H2;1-5,10H,6-8H2;1-5,10-12H,6-8H2;3-12H,1-2H2;3,5H,4H2,1-2H3/t2*16-;2*12-;10-;10-,14?;10-;3-,4-,5-,6-;5-/m000000010/s1. The topological polar surface area (TPSA) is 395 Å². The highest BCUT2D eigenvalue weighted by Gasteiger charge is 2.36. The van der Waals surface area contributed by atoms with Crippen LogP contribution in [0.4, 0.5) is 0 Å². The summed E-state index contributed by atoms with van der Waals surface area (Å²) in [6, 6.07) is 81.4. The van der Waals surface area contributed by atoms with E-state index in [1.165, 1.54) is 63.6 Å². The molecule has 0 bridgehead atoms. The quantitative estimate of drug-likeness (QED) is 0.00574. The Labute approximate surface area is 808 Å². The van der Waals surface area contributed by atoms with Crippen LogP contribution in [0.15, 0.2) is 248 Å². The number of aliphatic hydroxyl groups is 9. The van der Waals surface area contributed by atoms with Crippen molar-refractivity contribution in [3.8, 4) is 0 Å². The summed E-state index contributed by atoms with van der Waals surface area (Å²) in [7, 11) is -10.2. The third-order valence-electron chi connectivity index (χ3n) is 21.2. The fraction of sp³-hybridized carbons (Fsp3) is 0.490. The van der Waals surface area contributed by atoms with Gasteiger partial charge in [0.05, 0.1) is 82.7 Å². The highest BCUT2D eigenvalue weighted by molar-refractivity contribution is 14.1. The third kappa shape index (κ3) is 50.2. The van der Waals surface area contributed by atoms with Gasteiger partial charge in [-0.1, -0.05) is 286 Å². The normalized spacial score (nSPS) is 20.7. The van der Waals surface area contributed by atoms with Crippen LogP contribution in [0.3, 0.4) is 0 Å². The molecule has 5 aliphatic heterocycles. The van der Waals surface area contributed by atoms with Crippen molar-refractivity contribution in [1.82, 2.24) is 0 Å². The van der Waals surface area contributed by atoms with E-state index in [4.69, 9.17) is 89.3 Å². The molecule has 33 heteroatoms. The van der Waals surface area contributed by atoms with Crippen molar-refractivity contribution in [2.45, 2.75) is 240 Å². The Morgan fingerprint density at radius 2 is 0.880 bits per heavy atom. The number of carbonyl (C=O) groups excluding carboxylic acids is 1. The summed E-state index contributed by atoms with van der Waals surface area (Å²) < 4.78 is 121. The lowest BCUT2D eigenvalue weighted by Crippen LogP contribution is -2.46. The minimum Gasteiger partial charge on any atom is -0.413 e. The number of halogens is 1. The molecule has 0 radical (unpaired) electrons. The number of aryl methyl sites for hydroxylation is 7. The number of hydrogen-bond donors (Lipinski definition) is 9. The lowest BCUT2D eigenvalue weighted by molar-refractivity contribution is -0.145. The van der Waals surface area contributed by atoms with Gasteiger partial charge < -0.3 is 74.1 Å². The lowest BCUT2D eigenvalue weighted by atomic mass is 10.0. The van der Waals surface area contributed by atoms with E-state index in [1.54, 1.807) is 26.0 Å². The van der Waals surface area contributed by atoms with E-state index in [0.29, 0.717) is 51.6 Å². The molecule has 740 valence electrons. The molecule has 5 fully saturated rings. The SMILES string of the molecule is CC1(C)OC[C@H](C=Cc2ccccc2)O1.CC1(C)OC[C@H](C=O)O1.CC[Si](CC)(CC)O[C@H](CI)CCc1ccccc1.CS1(C)OC[C@H](CCc2ccccc2)O1.Cc1ccc(S(=O)(=O)OC[C@@H](O)CCc2ccccc2)cc1.O=S1(=O)OC[C@H](CCc2ccccc2)O1.O=S1OC[C@H](CCc2ccccc2)O1.OC[C@@H](O)CCc1ccccc1.OC[C@@H](O)[C@@H](O)[C@H](O)[C@H](O)CO. The molecule has 9 N–H and O–H groups in total. The summed E-state index contributed by atoms with van der Waals surface area (Å²) in [4.78, 5) is 10.2. The fourth-order valence-corrected chi connectivity index (χ4v) is 20.9. The van der Waals surface area contributed by atoms with Crippen LogP contribution in [0.25, 0.3) is 6.08 Å². The second-order valence-electron chi connectivity index (χ2n) is 33.2. The molecule has 5 heterocycles. The molecule has 8 aromatic carbocycles. The first-order chi connectivity index (χ1) is 63.5. The van der Waals surface area contributed by atoms with Crippen molar-refractivity contribution < 1.29 is 124 Å². The molecule has 8 aromatic rings. The van der Waals surface area contributed by atoms with Crippen molar-refractivity contribution in [2.75, 3.05) is 76.4 Å². The molecule has 0 aromatic heterocycles. The van der Waals surface area contributed by atoms with Gasteiger partial charge in [0, 0.05) is 16.9 Å². The van der Waals surface area contributed by atoms with Crippen LogP contribution < -0.4 is 0 Å². The molecule has 13 rings (SSSR count). The summed E-state index contributed by atoms with van der Waals surface area (Å²) in [5.74, 6) is -1.00. The molecule has 5 saturated heterocycles. The molecule has 27 nitrogen and oxygen atoms in total. The zero-order valence-corrected chi connectivity index (χ0v) is 84.7. The van der Waals surface area contributed by atoms with Gasteiger partial charge >= 0.3 is 21.8 Å². The van der Waals surface area contributed by atoms with E-state index in [2.05, 4.69) is 145 Å². The Bertz CT molecular complexity index is 4620. The van der Waals surface area contributed by atoms with Crippen molar-refractivity contribution in [3.63, 3.8) is 0 Å². The first-order valence-corrected chi connectivity index (χ1v) is 55.1. The van der Waals surface area contributed by atoms with Gasteiger partial charge in [-0.3, -0.25) is 20.9 Å². The van der Waals surface area contributed by atoms with Gasteiger partial charge in [0.1, 0.15) is 54.9 Å². The highest BCUT2D eigenvalue weighted by atomic mass is 127. The third-order valence-corrected chi connectivity index (χ3v) is 31.3. The maximum absolute atomic E-state index is 12.0. The van der Waals surface area contributed by atoms with E-state index >= 15 is 0 Å². The largest absolute Gasteiger partial charge is 0.413 e. The minimum absolute atomic E-state index is 0.0176. The average molecular weight is 2060 g/mol. The smallest absolute Gasteiger partial charge is 0.400 e. The van der Waals surface area contributed by atoms with Crippen molar-refractivity contribution in [2.24, 2.45) is 0 Å². The molecule has 0 saturated carbocycles. The Balaban J connectivity index is 0.000000267. The second kappa shape index (κ2) is 64.0. The van der Waals surface area contributed by atoms with Crippen LogP contribution in [0.5, 0.6) is 0 Å². The predicted octanol–water partition coefficient (Wildman–Crippen LogP) is 14.5. The number of ether oxygens (including phenoxy) is 4. The summed E-state index contributed by atoms with van der Waals surface area (Å²) in [6.07, 6.45) is 11.5. The maximum atomic E-state index is 12.0. The molecule has 5 aliphatic rings. The van der Waals surface area contributed by atoms with Gasteiger partial charge in [-0.25, -0.2) is 8.37 Å². The highest BCUT2D eigenvalue weighted by Crippen LogP contribution is 2.49. The summed E-state index contributed by atoms with van der Waals surface area (Å²) in [5.41, 5.74) is 9.71. The number of aliphatic hydroxyl groups excluding tert-OH is 9. The first-order valence-electron chi connectivity index (χ1n) is 45.0. The van der Waals surface area contributed by atoms with Gasteiger partial charge in [-0.2, -0.15) is 31.6 Å². The minimum atomic E-state index is -3.82. The van der Waals surface area contributed by atoms with Gasteiger partial charge in [0.2, 0.25) is 0 Å². The van der Waals surface area contributed by atoms with Crippen LogP contribution in [-0.4, -0.2) is 243 Å². The fourth-order valence-electron chi connectivity index (χ4n) is 13.2. The Hall–Kier alpha value is -6.32. The molecule has 0 aliphatic carbocycles. The molecule has 133 heavy (non-hydrogen) atoms. The van der Waals surface area contributed by atoms with E-state index in [1.807, 2.05) is 160 Å². The van der Waals surface area contributed by atoms with E-state index in [-0.39, 0.29) is 55.2 Å². The van der Waals surface area contributed by atoms with Gasteiger partial charge in [-0.15, -0.1) is 0 Å². The number of hydrogen-bond acceptors (Lipinski definition) is 27. The zero-order chi connectivity index (χ0) is 97.6. The van der Waals surface area contributed by atoms with Crippen LogP contribution >= 0.6 is 33.2 Å². The van der Waals surface area contributed by atoms with Crippen LogP contribution in [0.2, 0.25) is 18.1 Å². The number of alkyl halides is 1. The second-order valence-corrected chi connectivity index (χ2v) is 45.2. The Kier molecular flexibility index (Phi) is 56.4. The summed E-state index contributed by atoms with van der Waals surface area (Å²) in [6.45, 7) is 16.8. The number of carbonyl (C=O) groups is 1. The monoisotopic (exact) mass is 2060 g/mol. The van der Waals surface area contributed by atoms with Crippen molar-refractivity contribution in [1.29, 1.82) is 0 Å². The molecule has 0 spiro atoms.